The molecule has 0 amide bonds. The van der Waals surface area contributed by atoms with Gasteiger partial charge in [-0.2, -0.15) is 0 Å². The van der Waals surface area contributed by atoms with Gasteiger partial charge in [-0.05, 0) is 12.1 Å². The highest BCUT2D eigenvalue weighted by molar-refractivity contribution is 6.01. The Hall–Kier alpha value is -1.91. The van der Waals surface area contributed by atoms with E-state index in [1.54, 1.807) is 0 Å². The van der Waals surface area contributed by atoms with E-state index >= 15 is 0 Å². The van der Waals surface area contributed by atoms with Gasteiger partial charge in [0.05, 0.1) is 11.5 Å². The van der Waals surface area contributed by atoms with Crippen LogP contribution in [0.1, 0.15) is 18.4 Å². The second kappa shape index (κ2) is 4.53. The maximum Gasteiger partial charge on any atom is 0.140 e. The molecule has 17 heavy (non-hydrogen) atoms. The summed E-state index contributed by atoms with van der Waals surface area (Å²) in [5, 5.41) is 12.7. The molecule has 0 radical (unpaired) electrons. The maximum atomic E-state index is 13.4. The number of hydrogen-bond donors (Lipinski definition) is 1. The summed E-state index contributed by atoms with van der Waals surface area (Å²) in [5.74, 6) is -1.31. The van der Waals surface area contributed by atoms with Gasteiger partial charge in [-0.15, -0.1) is 0 Å². The fraction of sp³-hybridized carbons (Fsp3) is 0.250. The number of nitrogens with zero attached hydrogens (tertiary/aromatic N) is 1. The van der Waals surface area contributed by atoms with Crippen LogP contribution in [-0.4, -0.2) is 16.9 Å². The molecule has 0 saturated heterocycles. The summed E-state index contributed by atoms with van der Waals surface area (Å²) in [6.07, 6.45) is 0.268. The largest absolute Gasteiger partial charge is 0.513 e. The third-order valence-electron chi connectivity index (χ3n) is 2.44. The van der Waals surface area contributed by atoms with Crippen LogP contribution in [-0.2, 0) is 4.84 Å². The van der Waals surface area contributed by atoms with Gasteiger partial charge in [-0.25, -0.2) is 8.78 Å². The van der Waals surface area contributed by atoms with Crippen molar-refractivity contribution in [1.82, 2.24) is 0 Å². The first-order valence-corrected chi connectivity index (χ1v) is 5.11. The van der Waals surface area contributed by atoms with Crippen molar-refractivity contribution in [3.8, 4) is 0 Å². The van der Waals surface area contributed by atoms with Crippen LogP contribution in [0.4, 0.5) is 8.78 Å². The zero-order chi connectivity index (χ0) is 12.4. The summed E-state index contributed by atoms with van der Waals surface area (Å²) < 4.78 is 26.2. The molecule has 90 valence electrons. The van der Waals surface area contributed by atoms with Crippen molar-refractivity contribution in [2.75, 3.05) is 0 Å². The lowest BCUT2D eigenvalue weighted by molar-refractivity contribution is 0.0779. The predicted molar refractivity (Wildman–Crippen MR) is 58.8 cm³/mol. The van der Waals surface area contributed by atoms with Crippen molar-refractivity contribution in [2.24, 2.45) is 5.16 Å². The van der Waals surface area contributed by atoms with Crippen molar-refractivity contribution in [2.45, 2.75) is 18.9 Å². The highest BCUT2D eigenvalue weighted by Gasteiger charge is 2.24. The monoisotopic (exact) mass is 239 g/mol. The molecular weight excluding hydrogens is 228 g/mol. The molecule has 1 aromatic carbocycles. The van der Waals surface area contributed by atoms with Gasteiger partial charge in [-0.3, -0.25) is 0 Å². The van der Waals surface area contributed by atoms with Crippen molar-refractivity contribution >= 4 is 5.71 Å². The SMILES string of the molecule is C=C(O)C[C@@H]1CC(c2ccc(F)cc2F)=NO1. The molecule has 1 N–H and O–H groups in total. The molecule has 0 saturated carbocycles. The van der Waals surface area contributed by atoms with Gasteiger partial charge in [0.2, 0.25) is 0 Å². The van der Waals surface area contributed by atoms with Gasteiger partial charge in [0, 0.05) is 24.5 Å². The number of benzene rings is 1. The molecule has 1 aliphatic rings. The van der Waals surface area contributed by atoms with Crippen molar-refractivity contribution in [3.63, 3.8) is 0 Å². The zero-order valence-corrected chi connectivity index (χ0v) is 8.99. The van der Waals surface area contributed by atoms with Crippen LogP contribution in [0, 0.1) is 11.6 Å². The highest BCUT2D eigenvalue weighted by Crippen LogP contribution is 2.22. The Bertz CT molecular complexity index is 485. The number of rotatable bonds is 3. The molecule has 0 fully saturated rings. The van der Waals surface area contributed by atoms with Crippen LogP contribution < -0.4 is 0 Å². The Kier molecular flexibility index (Phi) is 3.08. The minimum atomic E-state index is -0.671. The second-order valence-electron chi connectivity index (χ2n) is 3.86. The molecule has 1 heterocycles. The van der Waals surface area contributed by atoms with Crippen molar-refractivity contribution in [3.05, 3.63) is 47.7 Å². The van der Waals surface area contributed by atoms with E-state index in [0.29, 0.717) is 12.1 Å². The highest BCUT2D eigenvalue weighted by atomic mass is 19.1. The lowest BCUT2D eigenvalue weighted by Gasteiger charge is -2.05. The lowest BCUT2D eigenvalue weighted by Crippen LogP contribution is -2.10. The minimum absolute atomic E-state index is 0.00831. The average molecular weight is 239 g/mol. The minimum Gasteiger partial charge on any atom is -0.513 e. The molecule has 5 heteroatoms. The number of oxime groups is 1. The van der Waals surface area contributed by atoms with Gasteiger partial charge < -0.3 is 9.94 Å². The van der Waals surface area contributed by atoms with Crippen molar-refractivity contribution < 1.29 is 18.7 Å². The van der Waals surface area contributed by atoms with Crippen LogP contribution in [0.25, 0.3) is 0 Å². The molecule has 0 bridgehead atoms. The summed E-state index contributed by atoms with van der Waals surface area (Å²) >= 11 is 0. The van der Waals surface area contributed by atoms with E-state index in [-0.39, 0.29) is 23.8 Å². The van der Waals surface area contributed by atoms with Crippen LogP contribution >= 0.6 is 0 Å². The topological polar surface area (TPSA) is 41.8 Å². The predicted octanol–water partition coefficient (Wildman–Crippen LogP) is 2.92. The lowest BCUT2D eigenvalue weighted by atomic mass is 10.0. The Morgan fingerprint density at radius 3 is 2.94 bits per heavy atom. The van der Waals surface area contributed by atoms with Crippen LogP contribution in [0.3, 0.4) is 0 Å². The fourth-order valence-corrected chi connectivity index (χ4v) is 1.68. The number of hydrogen-bond acceptors (Lipinski definition) is 3. The number of aliphatic hydroxyl groups excluding tert-OH is 1. The molecule has 3 nitrogen and oxygen atoms in total. The van der Waals surface area contributed by atoms with E-state index < -0.39 is 11.6 Å². The van der Waals surface area contributed by atoms with Crippen LogP contribution in [0.2, 0.25) is 0 Å². The van der Waals surface area contributed by atoms with E-state index in [1.807, 2.05) is 0 Å². The summed E-state index contributed by atoms with van der Waals surface area (Å²) in [7, 11) is 0. The Morgan fingerprint density at radius 2 is 2.29 bits per heavy atom. The molecular formula is C12H11F2NO2. The molecule has 0 spiro atoms. The Morgan fingerprint density at radius 1 is 1.53 bits per heavy atom. The van der Waals surface area contributed by atoms with E-state index in [4.69, 9.17) is 9.94 Å². The first-order chi connectivity index (χ1) is 8.06. The van der Waals surface area contributed by atoms with Crippen molar-refractivity contribution in [1.29, 1.82) is 0 Å². The van der Waals surface area contributed by atoms with Gasteiger partial charge in [0.25, 0.3) is 0 Å². The second-order valence-corrected chi connectivity index (χ2v) is 3.86. The average Bonchev–Trinajstić information content (AvgIpc) is 2.65. The first kappa shape index (κ1) is 11.6. The van der Waals surface area contributed by atoms with Crippen LogP contribution in [0.5, 0.6) is 0 Å². The maximum absolute atomic E-state index is 13.4. The molecule has 1 aromatic rings. The Labute approximate surface area is 97.0 Å². The van der Waals surface area contributed by atoms with Gasteiger partial charge in [0.1, 0.15) is 17.7 Å². The molecule has 1 aliphatic heterocycles. The summed E-state index contributed by atoms with van der Waals surface area (Å²) in [5.41, 5.74) is 0.631. The number of aliphatic hydroxyl groups is 1. The normalized spacial score (nSPS) is 18.7. The van der Waals surface area contributed by atoms with Gasteiger partial charge >= 0.3 is 0 Å². The smallest absolute Gasteiger partial charge is 0.140 e. The molecule has 0 aliphatic carbocycles. The van der Waals surface area contributed by atoms with E-state index in [0.717, 1.165) is 6.07 Å². The quantitative estimate of drug-likeness (QED) is 0.824. The summed E-state index contributed by atoms with van der Waals surface area (Å²) in [4.78, 5) is 5.02. The molecule has 1 atom stereocenters. The van der Waals surface area contributed by atoms with Gasteiger partial charge in [0.15, 0.2) is 0 Å². The summed E-state index contributed by atoms with van der Waals surface area (Å²) in [6, 6.07) is 3.29. The van der Waals surface area contributed by atoms with E-state index in [9.17, 15) is 8.78 Å². The number of halogens is 2. The fourth-order valence-electron chi connectivity index (χ4n) is 1.68. The van der Waals surface area contributed by atoms with E-state index in [1.165, 1.54) is 12.1 Å². The molecule has 0 unspecified atom stereocenters. The molecule has 2 rings (SSSR count). The Balaban J connectivity index is 2.12. The van der Waals surface area contributed by atoms with E-state index in [2.05, 4.69) is 11.7 Å². The standard InChI is InChI=1S/C12H11F2NO2/c1-7(16)4-9-6-12(15-17-9)10-3-2-8(13)5-11(10)14/h2-3,5,9,16H,1,4,6H2/t9-/m1/s1. The molecule has 0 aromatic heterocycles. The zero-order valence-electron chi connectivity index (χ0n) is 8.99. The van der Waals surface area contributed by atoms with Gasteiger partial charge in [-0.1, -0.05) is 11.7 Å². The first-order valence-electron chi connectivity index (χ1n) is 5.11. The van der Waals surface area contributed by atoms with Crippen LogP contribution in [0.15, 0.2) is 35.7 Å². The summed E-state index contributed by atoms with van der Waals surface area (Å²) in [6.45, 7) is 3.35. The third-order valence-corrected chi connectivity index (χ3v) is 2.44. The third kappa shape index (κ3) is 2.61.